The van der Waals surface area contributed by atoms with Crippen molar-refractivity contribution in [1.82, 2.24) is 4.98 Å². The molecular weight excluding hydrogens is 252 g/mol. The lowest BCUT2D eigenvalue weighted by atomic mass is 10.2. The number of carbonyl (C=O) groups excluding carboxylic acids is 2. The first-order valence-corrected chi connectivity index (χ1v) is 5.54. The number of methoxy groups -OCH3 is 2. The van der Waals surface area contributed by atoms with E-state index >= 15 is 0 Å². The quantitative estimate of drug-likeness (QED) is 0.732. The Labute approximate surface area is 110 Å². The van der Waals surface area contributed by atoms with Crippen LogP contribution in [0.1, 0.15) is 16.1 Å². The van der Waals surface area contributed by atoms with Gasteiger partial charge in [0.1, 0.15) is 11.9 Å². The third-order valence-electron chi connectivity index (χ3n) is 2.48. The first-order valence-electron chi connectivity index (χ1n) is 5.54. The van der Waals surface area contributed by atoms with Crippen molar-refractivity contribution >= 4 is 17.8 Å². The Morgan fingerprint density at radius 2 is 2.05 bits per heavy atom. The molecule has 1 atom stereocenters. The summed E-state index contributed by atoms with van der Waals surface area (Å²) in [5.41, 5.74) is 0.796. The molecule has 0 aromatic carbocycles. The number of anilines is 1. The summed E-state index contributed by atoms with van der Waals surface area (Å²) < 4.78 is 9.12. The minimum absolute atomic E-state index is 0.340. The van der Waals surface area contributed by atoms with Crippen molar-refractivity contribution in [2.75, 3.05) is 26.1 Å². The molecule has 0 fully saturated rings. The van der Waals surface area contributed by atoms with E-state index in [0.717, 1.165) is 0 Å². The smallest absolute Gasteiger partial charge is 0.339 e. The number of hydrogen-bond acceptors (Lipinski definition) is 7. The number of aryl methyl sites for hydroxylation is 1. The molecule has 0 saturated heterocycles. The van der Waals surface area contributed by atoms with Crippen LogP contribution in [0, 0.1) is 6.92 Å². The number of pyridine rings is 1. The molecule has 0 bridgehead atoms. The van der Waals surface area contributed by atoms with E-state index < -0.39 is 24.6 Å². The molecule has 0 aliphatic rings. The van der Waals surface area contributed by atoms with E-state index in [4.69, 9.17) is 5.11 Å². The maximum atomic E-state index is 11.4. The largest absolute Gasteiger partial charge is 0.467 e. The molecule has 1 aromatic rings. The van der Waals surface area contributed by atoms with Crippen LogP contribution in [0.3, 0.4) is 0 Å². The van der Waals surface area contributed by atoms with Gasteiger partial charge in [-0.15, -0.1) is 0 Å². The zero-order valence-electron chi connectivity index (χ0n) is 11.0. The summed E-state index contributed by atoms with van der Waals surface area (Å²) in [6.45, 7) is 1.22. The van der Waals surface area contributed by atoms with E-state index in [9.17, 15) is 9.59 Å². The van der Waals surface area contributed by atoms with Crippen molar-refractivity contribution < 1.29 is 24.2 Å². The third-order valence-corrected chi connectivity index (χ3v) is 2.48. The van der Waals surface area contributed by atoms with Crippen LogP contribution in [0.5, 0.6) is 0 Å². The summed E-state index contributed by atoms with van der Waals surface area (Å²) >= 11 is 0. The number of esters is 2. The van der Waals surface area contributed by atoms with E-state index in [2.05, 4.69) is 19.8 Å². The fraction of sp³-hybridized carbons (Fsp3) is 0.417. The van der Waals surface area contributed by atoms with Gasteiger partial charge in [-0.2, -0.15) is 0 Å². The van der Waals surface area contributed by atoms with Gasteiger partial charge in [0.25, 0.3) is 0 Å². The van der Waals surface area contributed by atoms with E-state index in [1.165, 1.54) is 26.4 Å². The lowest BCUT2D eigenvalue weighted by Crippen LogP contribution is -2.34. The number of aliphatic hydroxyl groups excluding tert-OH is 1. The van der Waals surface area contributed by atoms with Crippen LogP contribution in [0.15, 0.2) is 12.1 Å². The summed E-state index contributed by atoms with van der Waals surface area (Å²) in [5, 5.41) is 11.8. The average Bonchev–Trinajstić information content (AvgIpc) is 2.43. The fourth-order valence-corrected chi connectivity index (χ4v) is 1.47. The second kappa shape index (κ2) is 6.69. The van der Waals surface area contributed by atoms with Crippen LogP contribution in [0.2, 0.25) is 0 Å². The highest BCUT2D eigenvalue weighted by Gasteiger charge is 2.19. The van der Waals surface area contributed by atoms with Crippen molar-refractivity contribution in [1.29, 1.82) is 0 Å². The first kappa shape index (κ1) is 14.9. The van der Waals surface area contributed by atoms with Gasteiger partial charge < -0.3 is 19.9 Å². The van der Waals surface area contributed by atoms with Gasteiger partial charge in [-0.1, -0.05) is 0 Å². The van der Waals surface area contributed by atoms with Crippen molar-refractivity contribution in [3.63, 3.8) is 0 Å². The van der Waals surface area contributed by atoms with Gasteiger partial charge in [0.05, 0.1) is 32.1 Å². The predicted octanol–water partition coefficient (Wildman–Crippen LogP) is 0.122. The Hall–Kier alpha value is -2.15. The number of nitrogens with one attached hydrogen (secondary N) is 1. The molecule has 0 amide bonds. The third kappa shape index (κ3) is 3.65. The molecule has 7 nitrogen and oxygen atoms in total. The topological polar surface area (TPSA) is 97.8 Å². The van der Waals surface area contributed by atoms with Gasteiger partial charge in [0.15, 0.2) is 0 Å². The molecule has 0 aliphatic carbocycles. The predicted molar refractivity (Wildman–Crippen MR) is 66.8 cm³/mol. The molecule has 0 radical (unpaired) electrons. The standard InChI is InChI=1S/C12H16N2O5/c1-7-8(11(16)18-2)4-5-10(13-7)14-9(6-15)12(17)19-3/h4-5,9,15H,6H2,1-3H3,(H,13,14). The maximum absolute atomic E-state index is 11.4. The lowest BCUT2D eigenvalue weighted by molar-refractivity contribution is -0.142. The number of nitrogens with zero attached hydrogens (tertiary/aromatic N) is 1. The van der Waals surface area contributed by atoms with Crippen LogP contribution >= 0.6 is 0 Å². The van der Waals surface area contributed by atoms with E-state index in [0.29, 0.717) is 17.1 Å². The molecule has 104 valence electrons. The van der Waals surface area contributed by atoms with Gasteiger partial charge in [0.2, 0.25) is 0 Å². The zero-order valence-corrected chi connectivity index (χ0v) is 11.0. The summed E-state index contributed by atoms with van der Waals surface area (Å²) in [7, 11) is 2.51. The molecule has 1 aromatic heterocycles. The molecule has 7 heteroatoms. The molecule has 2 N–H and O–H groups in total. The van der Waals surface area contributed by atoms with Crippen LogP contribution in [-0.4, -0.2) is 48.9 Å². The normalized spacial score (nSPS) is 11.6. The highest BCUT2D eigenvalue weighted by molar-refractivity contribution is 5.90. The second-order valence-electron chi connectivity index (χ2n) is 3.72. The van der Waals surface area contributed by atoms with Gasteiger partial charge in [0, 0.05) is 0 Å². The summed E-state index contributed by atoms with van der Waals surface area (Å²) in [4.78, 5) is 26.8. The van der Waals surface area contributed by atoms with Crippen molar-refractivity contribution in [2.24, 2.45) is 0 Å². The molecule has 1 heterocycles. The summed E-state index contributed by atoms with van der Waals surface area (Å²) in [6, 6.07) is 2.15. The highest BCUT2D eigenvalue weighted by Crippen LogP contribution is 2.12. The van der Waals surface area contributed by atoms with Crippen molar-refractivity contribution in [3.05, 3.63) is 23.4 Å². The minimum Gasteiger partial charge on any atom is -0.467 e. The van der Waals surface area contributed by atoms with Crippen LogP contribution in [0.25, 0.3) is 0 Å². The molecule has 1 rings (SSSR count). The molecule has 0 aliphatic heterocycles. The van der Waals surface area contributed by atoms with Crippen molar-refractivity contribution in [2.45, 2.75) is 13.0 Å². The first-order chi connectivity index (χ1) is 9.03. The molecule has 1 unspecified atom stereocenters. The lowest BCUT2D eigenvalue weighted by Gasteiger charge is -2.15. The average molecular weight is 268 g/mol. The summed E-state index contributed by atoms with van der Waals surface area (Å²) in [6.07, 6.45) is 0. The number of aromatic nitrogens is 1. The summed E-state index contributed by atoms with van der Waals surface area (Å²) in [5.74, 6) is -0.725. The van der Waals surface area contributed by atoms with Crippen LogP contribution in [-0.2, 0) is 14.3 Å². The molecule has 0 saturated carbocycles. The van der Waals surface area contributed by atoms with Crippen molar-refractivity contribution in [3.8, 4) is 0 Å². The Balaban J connectivity index is 2.89. The Kier molecular flexibility index (Phi) is 5.25. The van der Waals surface area contributed by atoms with Gasteiger partial charge >= 0.3 is 11.9 Å². The molecular formula is C12H16N2O5. The number of rotatable bonds is 5. The number of aliphatic hydroxyl groups is 1. The second-order valence-corrected chi connectivity index (χ2v) is 3.72. The van der Waals surface area contributed by atoms with Gasteiger partial charge in [-0.3, -0.25) is 0 Å². The number of hydrogen-bond donors (Lipinski definition) is 2. The Morgan fingerprint density at radius 1 is 1.37 bits per heavy atom. The van der Waals surface area contributed by atoms with Crippen LogP contribution < -0.4 is 5.32 Å². The SMILES string of the molecule is COC(=O)c1ccc(NC(CO)C(=O)OC)nc1C. The van der Waals surface area contributed by atoms with Gasteiger partial charge in [-0.25, -0.2) is 14.6 Å². The Morgan fingerprint density at radius 3 is 2.53 bits per heavy atom. The Bertz CT molecular complexity index is 475. The highest BCUT2D eigenvalue weighted by atomic mass is 16.5. The van der Waals surface area contributed by atoms with E-state index in [-0.39, 0.29) is 0 Å². The maximum Gasteiger partial charge on any atom is 0.339 e. The van der Waals surface area contributed by atoms with Crippen LogP contribution in [0.4, 0.5) is 5.82 Å². The molecule has 0 spiro atoms. The number of ether oxygens (including phenoxy) is 2. The zero-order chi connectivity index (χ0) is 14.4. The van der Waals surface area contributed by atoms with E-state index in [1.807, 2.05) is 0 Å². The minimum atomic E-state index is -0.902. The fourth-order valence-electron chi connectivity index (χ4n) is 1.47. The monoisotopic (exact) mass is 268 g/mol. The molecule has 19 heavy (non-hydrogen) atoms. The van der Waals surface area contributed by atoms with E-state index in [1.54, 1.807) is 6.92 Å². The number of carbonyl (C=O) groups is 2. The van der Waals surface area contributed by atoms with Gasteiger partial charge in [-0.05, 0) is 19.1 Å².